The fourth-order valence-corrected chi connectivity index (χ4v) is 5.75. The number of amides is 1. The zero-order valence-corrected chi connectivity index (χ0v) is 26.4. The molecule has 4 atom stereocenters. The topological polar surface area (TPSA) is 170 Å². The van der Waals surface area contributed by atoms with Gasteiger partial charge in [0.25, 0.3) is 5.91 Å². The fraction of sp³-hybridized carbons (Fsp3) is 0.323. The molecule has 0 bridgehead atoms. The number of hydrogen-bond acceptors (Lipinski definition) is 11. The highest BCUT2D eigenvalue weighted by molar-refractivity contribution is 7.98. The van der Waals surface area contributed by atoms with Crippen molar-refractivity contribution in [1.82, 2.24) is 4.98 Å². The Morgan fingerprint density at radius 1 is 1.13 bits per heavy atom. The Hall–Kier alpha value is -4.01. The Morgan fingerprint density at radius 3 is 2.47 bits per heavy atom. The number of ether oxygens (including phenoxy) is 4. The van der Waals surface area contributed by atoms with Gasteiger partial charge < -0.3 is 43.9 Å². The minimum atomic E-state index is -1.38. The Kier molecular flexibility index (Phi) is 9.19. The zero-order chi connectivity index (χ0) is 32.6. The summed E-state index contributed by atoms with van der Waals surface area (Å²) >= 11 is 7.93. The van der Waals surface area contributed by atoms with Gasteiger partial charge in [-0.05, 0) is 69.5 Å². The Balaban J connectivity index is 1.48. The number of fused-ring (bicyclic) bond motifs is 1. The molecule has 14 heteroatoms. The average molecular weight is 659 g/mol. The van der Waals surface area contributed by atoms with Crippen molar-refractivity contribution in [2.24, 2.45) is 0 Å². The molecule has 4 aromatic rings. The van der Waals surface area contributed by atoms with E-state index in [1.54, 1.807) is 51.1 Å². The van der Waals surface area contributed by atoms with Crippen LogP contribution in [0.2, 0.25) is 5.02 Å². The van der Waals surface area contributed by atoms with Gasteiger partial charge in [-0.1, -0.05) is 11.6 Å². The van der Waals surface area contributed by atoms with Crippen LogP contribution in [0.4, 0.5) is 5.69 Å². The lowest BCUT2D eigenvalue weighted by Gasteiger charge is -2.47. The molecule has 2 aromatic carbocycles. The second kappa shape index (κ2) is 12.8. The van der Waals surface area contributed by atoms with Crippen molar-refractivity contribution in [3.8, 4) is 11.5 Å². The summed E-state index contributed by atoms with van der Waals surface area (Å²) in [7, 11) is 1.39. The number of rotatable bonds is 8. The minimum Gasteiger partial charge on any atom is -0.505 e. The van der Waals surface area contributed by atoms with Crippen LogP contribution in [0, 0.1) is 6.92 Å². The van der Waals surface area contributed by atoms with Crippen molar-refractivity contribution < 1.29 is 43.2 Å². The molecular weight excluding hydrogens is 628 g/mol. The van der Waals surface area contributed by atoms with E-state index in [4.69, 9.17) is 35.0 Å². The number of aromatic hydroxyl groups is 1. The highest BCUT2D eigenvalue weighted by Gasteiger charge is 2.53. The van der Waals surface area contributed by atoms with E-state index >= 15 is 0 Å². The molecule has 0 radical (unpaired) electrons. The number of aromatic amines is 1. The molecule has 1 saturated heterocycles. The summed E-state index contributed by atoms with van der Waals surface area (Å²) in [6, 6.07) is 12.5. The van der Waals surface area contributed by atoms with Gasteiger partial charge in [-0.3, -0.25) is 4.79 Å². The second-order valence-corrected chi connectivity index (χ2v) is 12.1. The molecule has 5 rings (SSSR count). The molecule has 1 fully saturated rings. The van der Waals surface area contributed by atoms with E-state index in [0.29, 0.717) is 0 Å². The predicted molar refractivity (Wildman–Crippen MR) is 166 cm³/mol. The summed E-state index contributed by atoms with van der Waals surface area (Å²) < 4.78 is 28.6. The maximum absolute atomic E-state index is 12.9. The second-order valence-electron chi connectivity index (χ2n) is 10.9. The lowest BCUT2D eigenvalue weighted by Crippen LogP contribution is -2.64. The van der Waals surface area contributed by atoms with Crippen molar-refractivity contribution in [3.05, 3.63) is 80.9 Å². The molecule has 1 aliphatic heterocycles. The monoisotopic (exact) mass is 658 g/mol. The first-order valence-corrected chi connectivity index (χ1v) is 15.3. The van der Waals surface area contributed by atoms with Gasteiger partial charge in [0.2, 0.25) is 6.29 Å². The van der Waals surface area contributed by atoms with Gasteiger partial charge in [0.05, 0.1) is 16.0 Å². The molecule has 45 heavy (non-hydrogen) atoms. The molecule has 238 valence electrons. The highest BCUT2D eigenvalue weighted by atomic mass is 35.5. The summed E-state index contributed by atoms with van der Waals surface area (Å²) in [5.41, 5.74) is -1.66. The van der Waals surface area contributed by atoms with Gasteiger partial charge in [-0.15, -0.1) is 11.8 Å². The van der Waals surface area contributed by atoms with Gasteiger partial charge in [0.15, 0.2) is 23.1 Å². The maximum atomic E-state index is 12.9. The quantitative estimate of drug-likeness (QED) is 0.116. The standard InChI is InChI=1S/C31H31ClN2O10S/c1-14-6-11-20(33-14)28(38)43-25-23(36)26(40-4)31(2,3)44-30(25)41-16-12-18-22(35)21(29(39)42-24(18)19(32)13-16)34-27(37)15-7-9-17(45-5)10-8-15/h6-13,23,25-26,30,33,35-36H,1-5H3,(H,34,37)/t23-,25-,26+,30-/m1/s1. The lowest BCUT2D eigenvalue weighted by atomic mass is 9.89. The van der Waals surface area contributed by atoms with Gasteiger partial charge in [-0.2, -0.15) is 0 Å². The Labute approximate surface area is 266 Å². The van der Waals surface area contributed by atoms with Crippen LogP contribution in [0.25, 0.3) is 11.0 Å². The zero-order valence-electron chi connectivity index (χ0n) is 24.9. The van der Waals surface area contributed by atoms with Crippen LogP contribution < -0.4 is 15.7 Å². The molecule has 12 nitrogen and oxygen atoms in total. The number of anilines is 1. The smallest absolute Gasteiger partial charge is 0.364 e. The molecule has 4 N–H and O–H groups in total. The number of aliphatic hydroxyl groups is 1. The number of halogens is 1. The number of benzene rings is 2. The van der Waals surface area contributed by atoms with Crippen molar-refractivity contribution >= 4 is 51.9 Å². The van der Waals surface area contributed by atoms with Crippen LogP contribution in [0.1, 0.15) is 40.4 Å². The van der Waals surface area contributed by atoms with E-state index in [1.807, 2.05) is 6.26 Å². The number of hydrogen-bond donors (Lipinski definition) is 4. The minimum absolute atomic E-state index is 0.00205. The van der Waals surface area contributed by atoms with Gasteiger partial charge >= 0.3 is 11.6 Å². The normalized spacial score (nSPS) is 21.0. The van der Waals surface area contributed by atoms with Gasteiger partial charge in [0, 0.05) is 29.3 Å². The van der Waals surface area contributed by atoms with E-state index in [0.717, 1.165) is 10.6 Å². The van der Waals surface area contributed by atoms with Crippen molar-refractivity contribution in [2.75, 3.05) is 18.7 Å². The van der Waals surface area contributed by atoms with Crippen LogP contribution in [-0.2, 0) is 14.2 Å². The van der Waals surface area contributed by atoms with Crippen molar-refractivity contribution in [2.45, 2.75) is 55.9 Å². The number of esters is 1. The average Bonchev–Trinajstić information content (AvgIpc) is 3.44. The summed E-state index contributed by atoms with van der Waals surface area (Å²) in [6.07, 6.45) is -3.13. The number of carbonyl (C=O) groups excluding carboxylic acids is 2. The molecule has 0 spiro atoms. The van der Waals surface area contributed by atoms with Crippen LogP contribution >= 0.6 is 23.4 Å². The summed E-state index contributed by atoms with van der Waals surface area (Å²) in [4.78, 5) is 42.4. The number of nitrogens with one attached hydrogen (secondary N) is 2. The SMILES string of the molecule is CO[C@H]1[C@H](O)[C@@H](OC(=O)c2ccc(C)[nH]2)[C@H](Oc2cc(Cl)c3oc(=O)c(NC(=O)c4ccc(SC)cc4)c(O)c3c2)OC1(C)C. The van der Waals surface area contributed by atoms with Crippen LogP contribution in [-0.4, -0.2) is 70.6 Å². The van der Waals surface area contributed by atoms with E-state index < -0.39 is 59.1 Å². The number of aryl methyl sites for hydroxylation is 1. The van der Waals surface area contributed by atoms with Gasteiger partial charge in [0.1, 0.15) is 23.7 Å². The fourth-order valence-electron chi connectivity index (χ4n) is 5.09. The van der Waals surface area contributed by atoms with Crippen LogP contribution in [0.3, 0.4) is 0 Å². The number of methoxy groups -OCH3 is 1. The van der Waals surface area contributed by atoms with E-state index in [2.05, 4.69) is 10.3 Å². The highest BCUT2D eigenvalue weighted by Crippen LogP contribution is 2.39. The maximum Gasteiger partial charge on any atom is 0.364 e. The number of aliphatic hydroxyl groups excluding tert-OH is 1. The summed E-state index contributed by atoms with van der Waals surface area (Å²) in [5, 5.41) is 24.6. The number of carbonyl (C=O) groups is 2. The van der Waals surface area contributed by atoms with Crippen molar-refractivity contribution in [1.29, 1.82) is 0 Å². The molecule has 1 aliphatic rings. The third-order valence-corrected chi connectivity index (χ3v) is 8.34. The molecule has 0 aliphatic carbocycles. The number of aromatic nitrogens is 1. The first-order chi connectivity index (χ1) is 21.3. The summed E-state index contributed by atoms with van der Waals surface area (Å²) in [6.45, 7) is 5.11. The lowest BCUT2D eigenvalue weighted by molar-refractivity contribution is -0.305. The third kappa shape index (κ3) is 6.53. The summed E-state index contributed by atoms with van der Waals surface area (Å²) in [5.74, 6) is -2.03. The molecule has 3 heterocycles. The van der Waals surface area contributed by atoms with Crippen molar-refractivity contribution in [3.63, 3.8) is 0 Å². The molecular formula is C31H31ClN2O10S. The number of thioether (sulfide) groups is 1. The van der Waals surface area contributed by atoms with E-state index in [9.17, 15) is 24.6 Å². The van der Waals surface area contributed by atoms with Crippen LogP contribution in [0.5, 0.6) is 11.5 Å². The predicted octanol–water partition coefficient (Wildman–Crippen LogP) is 4.88. The van der Waals surface area contributed by atoms with E-state index in [1.165, 1.54) is 37.1 Å². The molecule has 1 amide bonds. The molecule has 0 saturated carbocycles. The first-order valence-electron chi connectivity index (χ1n) is 13.7. The molecule has 0 unspecified atom stereocenters. The Morgan fingerprint density at radius 2 is 1.84 bits per heavy atom. The number of H-pyrrole nitrogens is 1. The largest absolute Gasteiger partial charge is 0.505 e. The third-order valence-electron chi connectivity index (χ3n) is 7.32. The first kappa shape index (κ1) is 32.4. The van der Waals surface area contributed by atoms with E-state index in [-0.39, 0.29) is 33.0 Å². The molecule has 2 aromatic heterocycles. The van der Waals surface area contributed by atoms with Crippen LogP contribution in [0.15, 0.2) is 62.6 Å². The Bertz CT molecular complexity index is 1800. The van der Waals surface area contributed by atoms with Gasteiger partial charge in [-0.25, -0.2) is 9.59 Å².